The number of carbonyl (C=O) groups excluding carboxylic acids is 2. The predicted molar refractivity (Wildman–Crippen MR) is 79.1 cm³/mol. The lowest BCUT2D eigenvalue weighted by Gasteiger charge is -2.11. The predicted octanol–water partition coefficient (Wildman–Crippen LogP) is 2.45. The number of halogens is 1. The van der Waals surface area contributed by atoms with Gasteiger partial charge in [-0.25, -0.2) is 0 Å². The average Bonchev–Trinajstić information content (AvgIpc) is 2.36. The molecule has 0 radical (unpaired) electrons. The van der Waals surface area contributed by atoms with Crippen LogP contribution in [0.3, 0.4) is 0 Å². The highest BCUT2D eigenvalue weighted by Gasteiger charge is 2.12. The van der Waals surface area contributed by atoms with Crippen molar-refractivity contribution in [2.24, 2.45) is 5.92 Å². The zero-order valence-corrected chi connectivity index (χ0v) is 12.6. The number of hydrogen-bond donors (Lipinski definition) is 2. The van der Waals surface area contributed by atoms with Crippen LogP contribution < -0.4 is 15.4 Å². The van der Waals surface area contributed by atoms with E-state index in [1.807, 2.05) is 13.8 Å². The Morgan fingerprint density at radius 2 is 2.00 bits per heavy atom. The first-order valence-electron chi connectivity index (χ1n) is 6.32. The van der Waals surface area contributed by atoms with Gasteiger partial charge in [-0.05, 0) is 24.1 Å². The summed E-state index contributed by atoms with van der Waals surface area (Å²) in [5.41, 5.74) is 0.446. The van der Waals surface area contributed by atoms with Crippen molar-refractivity contribution in [2.45, 2.75) is 20.3 Å². The topological polar surface area (TPSA) is 67.4 Å². The van der Waals surface area contributed by atoms with Crippen LogP contribution in [0.2, 0.25) is 5.02 Å². The second kappa shape index (κ2) is 7.75. The van der Waals surface area contributed by atoms with Crippen LogP contribution in [0.4, 0.5) is 5.69 Å². The smallest absolute Gasteiger partial charge is 0.233 e. The third-order valence-electron chi connectivity index (χ3n) is 2.46. The standard InChI is InChI=1S/C14H19ClN2O3/c1-9(2)8-16-13(18)7-14(19)17-11-6-10(15)4-5-12(11)20-3/h4-6,9H,7-8H2,1-3H3,(H,16,18)(H,17,19). The second-order valence-corrected chi connectivity index (χ2v) is 5.20. The van der Waals surface area contributed by atoms with Crippen LogP contribution in [0, 0.1) is 5.92 Å². The summed E-state index contributed by atoms with van der Waals surface area (Å²) in [7, 11) is 1.49. The Balaban J connectivity index is 2.58. The Kier molecular flexibility index (Phi) is 6.31. The van der Waals surface area contributed by atoms with Gasteiger partial charge in [0, 0.05) is 11.6 Å². The lowest BCUT2D eigenvalue weighted by Crippen LogP contribution is -2.30. The number of benzene rings is 1. The van der Waals surface area contributed by atoms with Crippen LogP contribution in [-0.2, 0) is 9.59 Å². The van der Waals surface area contributed by atoms with Crippen molar-refractivity contribution in [3.8, 4) is 5.75 Å². The molecule has 0 aromatic heterocycles. The van der Waals surface area contributed by atoms with Gasteiger partial charge >= 0.3 is 0 Å². The molecule has 0 saturated heterocycles. The third kappa shape index (κ3) is 5.48. The van der Waals surface area contributed by atoms with Gasteiger partial charge in [0.15, 0.2) is 0 Å². The van der Waals surface area contributed by atoms with E-state index >= 15 is 0 Å². The Bertz CT molecular complexity index is 489. The minimum Gasteiger partial charge on any atom is -0.495 e. The Labute approximate surface area is 123 Å². The van der Waals surface area contributed by atoms with E-state index in [0.717, 1.165) is 0 Å². The summed E-state index contributed by atoms with van der Waals surface area (Å²) in [4.78, 5) is 23.3. The average molecular weight is 299 g/mol. The normalized spacial score (nSPS) is 10.2. The summed E-state index contributed by atoms with van der Waals surface area (Å²) in [6.07, 6.45) is -0.234. The van der Waals surface area contributed by atoms with E-state index in [1.165, 1.54) is 7.11 Å². The van der Waals surface area contributed by atoms with E-state index in [4.69, 9.17) is 16.3 Å². The largest absolute Gasteiger partial charge is 0.495 e. The number of nitrogens with one attached hydrogen (secondary N) is 2. The molecule has 0 heterocycles. The molecule has 2 N–H and O–H groups in total. The molecule has 1 rings (SSSR count). The first-order valence-corrected chi connectivity index (χ1v) is 6.70. The zero-order chi connectivity index (χ0) is 15.1. The van der Waals surface area contributed by atoms with E-state index in [1.54, 1.807) is 18.2 Å². The van der Waals surface area contributed by atoms with Gasteiger partial charge < -0.3 is 15.4 Å². The molecule has 1 aromatic rings. The number of anilines is 1. The quantitative estimate of drug-likeness (QED) is 0.793. The molecular weight excluding hydrogens is 280 g/mol. The van der Waals surface area contributed by atoms with Gasteiger partial charge in [0.1, 0.15) is 12.2 Å². The number of hydrogen-bond acceptors (Lipinski definition) is 3. The summed E-state index contributed by atoms with van der Waals surface area (Å²) in [5.74, 6) is 0.115. The SMILES string of the molecule is COc1ccc(Cl)cc1NC(=O)CC(=O)NCC(C)C. The summed E-state index contributed by atoms with van der Waals surface area (Å²) < 4.78 is 5.11. The molecule has 110 valence electrons. The highest BCUT2D eigenvalue weighted by atomic mass is 35.5. The van der Waals surface area contributed by atoms with Crippen molar-refractivity contribution in [1.82, 2.24) is 5.32 Å². The number of ether oxygens (including phenoxy) is 1. The van der Waals surface area contributed by atoms with Crippen LogP contribution >= 0.6 is 11.6 Å². The second-order valence-electron chi connectivity index (χ2n) is 4.77. The molecule has 0 saturated carbocycles. The number of methoxy groups -OCH3 is 1. The van der Waals surface area contributed by atoms with Gasteiger partial charge in [-0.15, -0.1) is 0 Å². The van der Waals surface area contributed by atoms with Crippen molar-refractivity contribution in [1.29, 1.82) is 0 Å². The highest BCUT2D eigenvalue weighted by molar-refractivity contribution is 6.31. The van der Waals surface area contributed by atoms with E-state index < -0.39 is 5.91 Å². The zero-order valence-electron chi connectivity index (χ0n) is 11.8. The molecule has 5 nitrogen and oxygen atoms in total. The molecule has 0 aliphatic carbocycles. The van der Waals surface area contributed by atoms with Crippen molar-refractivity contribution in [2.75, 3.05) is 19.0 Å². The van der Waals surface area contributed by atoms with E-state index in [0.29, 0.717) is 28.9 Å². The van der Waals surface area contributed by atoms with Crippen LogP contribution in [0.1, 0.15) is 20.3 Å². The molecule has 0 atom stereocenters. The van der Waals surface area contributed by atoms with Gasteiger partial charge in [0.25, 0.3) is 0 Å². The molecule has 0 fully saturated rings. The van der Waals surface area contributed by atoms with Crippen molar-refractivity contribution in [3.05, 3.63) is 23.2 Å². The van der Waals surface area contributed by atoms with Crippen molar-refractivity contribution >= 4 is 29.1 Å². The third-order valence-corrected chi connectivity index (χ3v) is 2.70. The summed E-state index contributed by atoms with van der Waals surface area (Å²) >= 11 is 5.86. The Morgan fingerprint density at radius 1 is 1.30 bits per heavy atom. The van der Waals surface area contributed by atoms with E-state index in [-0.39, 0.29) is 12.3 Å². The molecule has 2 amide bonds. The molecule has 0 spiro atoms. The van der Waals surface area contributed by atoms with Gasteiger partial charge in [0.2, 0.25) is 11.8 Å². The number of rotatable bonds is 6. The lowest BCUT2D eigenvalue weighted by molar-refractivity contribution is -0.126. The molecule has 0 aliphatic heterocycles. The van der Waals surface area contributed by atoms with E-state index in [2.05, 4.69) is 10.6 Å². The van der Waals surface area contributed by atoms with Crippen LogP contribution in [0.5, 0.6) is 5.75 Å². The van der Waals surface area contributed by atoms with Crippen molar-refractivity contribution < 1.29 is 14.3 Å². The maximum Gasteiger partial charge on any atom is 0.233 e. The Morgan fingerprint density at radius 3 is 2.60 bits per heavy atom. The molecule has 0 unspecified atom stereocenters. The summed E-state index contributed by atoms with van der Waals surface area (Å²) in [6, 6.07) is 4.88. The van der Waals surface area contributed by atoms with Gasteiger partial charge in [0.05, 0.1) is 12.8 Å². The first-order chi connectivity index (χ1) is 9.42. The van der Waals surface area contributed by atoms with Gasteiger partial charge in [-0.3, -0.25) is 9.59 Å². The molecular formula is C14H19ClN2O3. The molecule has 6 heteroatoms. The maximum absolute atomic E-state index is 11.8. The van der Waals surface area contributed by atoms with Gasteiger partial charge in [-0.1, -0.05) is 25.4 Å². The molecule has 0 aliphatic rings. The maximum atomic E-state index is 11.8. The number of carbonyl (C=O) groups is 2. The van der Waals surface area contributed by atoms with E-state index in [9.17, 15) is 9.59 Å². The lowest BCUT2D eigenvalue weighted by atomic mass is 10.2. The van der Waals surface area contributed by atoms with Gasteiger partial charge in [-0.2, -0.15) is 0 Å². The summed E-state index contributed by atoms with van der Waals surface area (Å²) in [6.45, 7) is 4.51. The number of amides is 2. The fourth-order valence-electron chi connectivity index (χ4n) is 1.50. The van der Waals surface area contributed by atoms with Crippen LogP contribution in [0.15, 0.2) is 18.2 Å². The van der Waals surface area contributed by atoms with Crippen LogP contribution in [-0.4, -0.2) is 25.5 Å². The van der Waals surface area contributed by atoms with Crippen LogP contribution in [0.25, 0.3) is 0 Å². The molecule has 0 bridgehead atoms. The minimum atomic E-state index is -0.410. The first kappa shape index (κ1) is 16.3. The fourth-order valence-corrected chi connectivity index (χ4v) is 1.67. The molecule has 20 heavy (non-hydrogen) atoms. The minimum absolute atomic E-state index is 0.234. The molecule has 1 aromatic carbocycles. The van der Waals surface area contributed by atoms with Crippen molar-refractivity contribution in [3.63, 3.8) is 0 Å². The summed E-state index contributed by atoms with van der Waals surface area (Å²) in [5, 5.41) is 5.77. The highest BCUT2D eigenvalue weighted by Crippen LogP contribution is 2.27. The monoisotopic (exact) mass is 298 g/mol. The Hall–Kier alpha value is -1.75. The fraction of sp³-hybridized carbons (Fsp3) is 0.429.